The molecule has 0 aliphatic heterocycles. The molecule has 0 atom stereocenters. The van der Waals surface area contributed by atoms with E-state index < -0.39 is 0 Å². The van der Waals surface area contributed by atoms with E-state index >= 15 is 0 Å². The SMILES string of the molecule is Oc1ccc(-c2cc(-c3c(O)cccc3O)[nH]n2)cc1. The summed E-state index contributed by atoms with van der Waals surface area (Å²) in [5.41, 5.74) is 2.30. The minimum atomic E-state index is -0.0223. The molecule has 3 rings (SSSR count). The first-order valence-corrected chi connectivity index (χ1v) is 6.01. The molecular weight excluding hydrogens is 256 g/mol. The van der Waals surface area contributed by atoms with Crippen molar-refractivity contribution in [3.05, 3.63) is 48.5 Å². The Morgan fingerprint density at radius 2 is 1.50 bits per heavy atom. The minimum Gasteiger partial charge on any atom is -0.508 e. The van der Waals surface area contributed by atoms with Gasteiger partial charge in [-0.2, -0.15) is 5.10 Å². The monoisotopic (exact) mass is 268 g/mol. The highest BCUT2D eigenvalue weighted by atomic mass is 16.3. The number of H-pyrrole nitrogens is 1. The van der Waals surface area contributed by atoms with Crippen LogP contribution in [0.4, 0.5) is 0 Å². The molecule has 0 saturated carbocycles. The highest BCUT2D eigenvalue weighted by molar-refractivity contribution is 5.76. The Bertz CT molecular complexity index is 728. The van der Waals surface area contributed by atoms with E-state index in [0.29, 0.717) is 17.0 Å². The number of nitrogens with one attached hydrogen (secondary N) is 1. The van der Waals surface area contributed by atoms with Crippen LogP contribution in [0, 0.1) is 0 Å². The molecular formula is C15H12N2O3. The van der Waals surface area contributed by atoms with Crippen molar-refractivity contribution in [2.24, 2.45) is 0 Å². The predicted molar refractivity (Wildman–Crippen MR) is 74.5 cm³/mol. The summed E-state index contributed by atoms with van der Waals surface area (Å²) in [6.07, 6.45) is 0. The van der Waals surface area contributed by atoms with Gasteiger partial charge >= 0.3 is 0 Å². The molecule has 20 heavy (non-hydrogen) atoms. The second-order valence-electron chi connectivity index (χ2n) is 4.38. The molecule has 0 radical (unpaired) electrons. The van der Waals surface area contributed by atoms with Crippen molar-refractivity contribution in [2.75, 3.05) is 0 Å². The molecule has 1 aromatic heterocycles. The molecule has 0 amide bonds. The van der Waals surface area contributed by atoms with Gasteiger partial charge < -0.3 is 15.3 Å². The van der Waals surface area contributed by atoms with Gasteiger partial charge in [0.05, 0.1) is 17.0 Å². The maximum absolute atomic E-state index is 9.82. The lowest BCUT2D eigenvalue weighted by atomic mass is 10.1. The Morgan fingerprint density at radius 1 is 0.850 bits per heavy atom. The van der Waals surface area contributed by atoms with Crippen molar-refractivity contribution < 1.29 is 15.3 Å². The summed E-state index contributed by atoms with van der Waals surface area (Å²) in [6, 6.07) is 12.9. The van der Waals surface area contributed by atoms with Crippen molar-refractivity contribution in [3.8, 4) is 39.8 Å². The lowest BCUT2D eigenvalue weighted by molar-refractivity contribution is 0.454. The smallest absolute Gasteiger partial charge is 0.128 e. The normalized spacial score (nSPS) is 10.6. The van der Waals surface area contributed by atoms with Crippen LogP contribution in [0.2, 0.25) is 0 Å². The number of rotatable bonds is 2. The van der Waals surface area contributed by atoms with E-state index in [1.165, 1.54) is 12.1 Å². The molecule has 1 heterocycles. The first kappa shape index (κ1) is 12.1. The van der Waals surface area contributed by atoms with Crippen LogP contribution in [0.1, 0.15) is 0 Å². The fraction of sp³-hybridized carbons (Fsp3) is 0. The quantitative estimate of drug-likeness (QED) is 0.575. The van der Waals surface area contributed by atoms with Crippen LogP contribution >= 0.6 is 0 Å². The summed E-state index contributed by atoms with van der Waals surface area (Å²) in [7, 11) is 0. The van der Waals surface area contributed by atoms with Gasteiger partial charge in [0, 0.05) is 5.56 Å². The Kier molecular flexibility index (Phi) is 2.80. The van der Waals surface area contributed by atoms with E-state index in [-0.39, 0.29) is 17.2 Å². The van der Waals surface area contributed by atoms with Crippen LogP contribution < -0.4 is 0 Å². The lowest BCUT2D eigenvalue weighted by Gasteiger charge is -2.03. The van der Waals surface area contributed by atoms with Crippen LogP contribution in [0.5, 0.6) is 17.2 Å². The number of nitrogens with zero attached hydrogens (tertiary/aromatic N) is 1. The Labute approximate surface area is 114 Å². The van der Waals surface area contributed by atoms with E-state index in [1.807, 2.05) is 0 Å². The van der Waals surface area contributed by atoms with Crippen molar-refractivity contribution in [1.29, 1.82) is 0 Å². The number of aromatic amines is 1. The summed E-state index contributed by atoms with van der Waals surface area (Å²) >= 11 is 0. The van der Waals surface area contributed by atoms with Crippen LogP contribution in [0.15, 0.2) is 48.5 Å². The van der Waals surface area contributed by atoms with E-state index in [2.05, 4.69) is 10.2 Å². The average molecular weight is 268 g/mol. The fourth-order valence-electron chi connectivity index (χ4n) is 2.03. The zero-order valence-corrected chi connectivity index (χ0v) is 10.4. The third kappa shape index (κ3) is 2.05. The molecule has 3 aromatic rings. The van der Waals surface area contributed by atoms with Gasteiger partial charge in [0.15, 0.2) is 0 Å². The third-order valence-electron chi connectivity index (χ3n) is 3.03. The van der Waals surface area contributed by atoms with E-state index in [0.717, 1.165) is 5.56 Å². The molecule has 5 nitrogen and oxygen atoms in total. The van der Waals surface area contributed by atoms with Gasteiger partial charge in [0.2, 0.25) is 0 Å². The van der Waals surface area contributed by atoms with Crippen LogP contribution in [0.3, 0.4) is 0 Å². The number of benzene rings is 2. The van der Waals surface area contributed by atoms with E-state index in [1.54, 1.807) is 36.4 Å². The molecule has 0 fully saturated rings. The summed E-state index contributed by atoms with van der Waals surface area (Å²) in [6.45, 7) is 0. The highest BCUT2D eigenvalue weighted by Crippen LogP contribution is 2.37. The fourth-order valence-corrected chi connectivity index (χ4v) is 2.03. The average Bonchev–Trinajstić information content (AvgIpc) is 2.89. The lowest BCUT2D eigenvalue weighted by Crippen LogP contribution is -1.80. The summed E-state index contributed by atoms with van der Waals surface area (Å²) in [5.74, 6) is 0.139. The van der Waals surface area contributed by atoms with Crippen molar-refractivity contribution >= 4 is 0 Å². The predicted octanol–water partition coefficient (Wildman–Crippen LogP) is 2.86. The molecule has 4 N–H and O–H groups in total. The molecule has 0 aliphatic rings. The maximum atomic E-state index is 9.82. The molecule has 100 valence electrons. The van der Waals surface area contributed by atoms with Crippen LogP contribution in [-0.2, 0) is 0 Å². The molecule has 5 heteroatoms. The number of phenols is 3. The number of hydrogen-bond acceptors (Lipinski definition) is 4. The summed E-state index contributed by atoms with van der Waals surface area (Å²) in [4.78, 5) is 0. The van der Waals surface area contributed by atoms with Crippen molar-refractivity contribution in [1.82, 2.24) is 10.2 Å². The van der Waals surface area contributed by atoms with Crippen LogP contribution in [0.25, 0.3) is 22.5 Å². The topological polar surface area (TPSA) is 89.4 Å². The first-order chi connectivity index (χ1) is 9.65. The van der Waals surface area contributed by atoms with Gasteiger partial charge in [-0.15, -0.1) is 0 Å². The molecule has 0 bridgehead atoms. The first-order valence-electron chi connectivity index (χ1n) is 6.01. The number of phenolic OH excluding ortho intramolecular Hbond substituents is 3. The van der Waals surface area contributed by atoms with Gasteiger partial charge in [0.25, 0.3) is 0 Å². The molecule has 0 unspecified atom stereocenters. The van der Waals surface area contributed by atoms with Gasteiger partial charge in [-0.05, 0) is 42.5 Å². The van der Waals surface area contributed by atoms with Gasteiger partial charge in [-0.1, -0.05) is 6.07 Å². The van der Waals surface area contributed by atoms with Gasteiger partial charge in [-0.3, -0.25) is 5.10 Å². The second kappa shape index (κ2) is 4.62. The number of aromatic nitrogens is 2. The molecule has 2 aromatic carbocycles. The van der Waals surface area contributed by atoms with E-state index in [9.17, 15) is 15.3 Å². The largest absolute Gasteiger partial charge is 0.508 e. The minimum absolute atomic E-state index is 0.0223. The Balaban J connectivity index is 2.04. The van der Waals surface area contributed by atoms with Gasteiger partial charge in [-0.25, -0.2) is 0 Å². The number of hydrogen-bond donors (Lipinski definition) is 4. The summed E-state index contributed by atoms with van der Waals surface area (Å²) in [5, 5.41) is 35.8. The molecule has 0 aliphatic carbocycles. The number of aromatic hydroxyl groups is 3. The highest BCUT2D eigenvalue weighted by Gasteiger charge is 2.13. The van der Waals surface area contributed by atoms with Crippen LogP contribution in [-0.4, -0.2) is 25.5 Å². The van der Waals surface area contributed by atoms with Gasteiger partial charge in [0.1, 0.15) is 17.2 Å². The molecule has 0 saturated heterocycles. The molecule has 0 spiro atoms. The van der Waals surface area contributed by atoms with Crippen molar-refractivity contribution in [3.63, 3.8) is 0 Å². The maximum Gasteiger partial charge on any atom is 0.128 e. The second-order valence-corrected chi connectivity index (χ2v) is 4.38. The Hall–Kier alpha value is -2.95. The summed E-state index contributed by atoms with van der Waals surface area (Å²) < 4.78 is 0. The Morgan fingerprint density at radius 3 is 2.15 bits per heavy atom. The van der Waals surface area contributed by atoms with E-state index in [4.69, 9.17) is 0 Å². The zero-order valence-electron chi connectivity index (χ0n) is 10.4. The third-order valence-corrected chi connectivity index (χ3v) is 3.03. The van der Waals surface area contributed by atoms with Crippen molar-refractivity contribution in [2.45, 2.75) is 0 Å². The standard InChI is InChI=1S/C15H12N2O3/c18-10-6-4-9(5-7-10)11-8-12(17-16-11)15-13(19)2-1-3-14(15)20/h1-8,18-20H,(H,16,17). The zero-order chi connectivity index (χ0) is 14.1.